The van der Waals surface area contributed by atoms with Crippen LogP contribution in [-0.4, -0.2) is 5.71 Å². The van der Waals surface area contributed by atoms with Gasteiger partial charge in [0.1, 0.15) is 0 Å². The van der Waals surface area contributed by atoms with E-state index >= 15 is 0 Å². The largest absolute Gasteiger partial charge is 0.329 e. The van der Waals surface area contributed by atoms with E-state index in [4.69, 9.17) is 5.84 Å². The van der Waals surface area contributed by atoms with Crippen LogP contribution >= 0.6 is 0 Å². The summed E-state index contributed by atoms with van der Waals surface area (Å²) in [6.07, 6.45) is 9.75. The molecule has 0 aliphatic heterocycles. The molecule has 1 aromatic rings. The van der Waals surface area contributed by atoms with E-state index in [-0.39, 0.29) is 0 Å². The third-order valence-corrected chi connectivity index (χ3v) is 4.98. The molecule has 0 bridgehead atoms. The van der Waals surface area contributed by atoms with Gasteiger partial charge in [0.15, 0.2) is 0 Å². The minimum atomic E-state index is 0.714. The van der Waals surface area contributed by atoms with Crippen LogP contribution in [0.4, 0.5) is 0 Å². The minimum Gasteiger partial charge on any atom is -0.329 e. The van der Waals surface area contributed by atoms with Crippen molar-refractivity contribution in [3.63, 3.8) is 0 Å². The zero-order valence-corrected chi connectivity index (χ0v) is 15.6. The summed E-state index contributed by atoms with van der Waals surface area (Å²) in [6, 6.07) is 8.35. The molecule has 2 atom stereocenters. The van der Waals surface area contributed by atoms with Crippen LogP contribution < -0.4 is 11.3 Å². The van der Waals surface area contributed by atoms with Crippen molar-refractivity contribution in [2.75, 3.05) is 0 Å². The minimum absolute atomic E-state index is 0.714. The van der Waals surface area contributed by atoms with Crippen molar-refractivity contribution in [2.45, 2.75) is 46.0 Å². The van der Waals surface area contributed by atoms with Gasteiger partial charge >= 0.3 is 0 Å². The number of nitrogens with two attached hydrogens (primary N) is 1. The van der Waals surface area contributed by atoms with Crippen LogP contribution in [0.2, 0.25) is 0 Å². The second-order valence-electron chi connectivity index (χ2n) is 7.24. The lowest BCUT2D eigenvalue weighted by atomic mass is 9.97. The molecule has 3 heteroatoms. The van der Waals surface area contributed by atoms with Crippen LogP contribution in [0.3, 0.4) is 0 Å². The summed E-state index contributed by atoms with van der Waals surface area (Å²) in [4.78, 5) is 4.69. The third kappa shape index (κ3) is 6.02. The average molecular weight is 338 g/mol. The normalized spacial score (nSPS) is 21.2. The second kappa shape index (κ2) is 9.38. The Balaban J connectivity index is 2.07. The molecule has 0 amide bonds. The lowest BCUT2D eigenvalue weighted by Gasteiger charge is -2.10. The molecule has 0 heterocycles. The zero-order chi connectivity index (χ0) is 18.2. The fourth-order valence-corrected chi connectivity index (χ4v) is 3.49. The van der Waals surface area contributed by atoms with Gasteiger partial charge in [0.25, 0.3) is 0 Å². The summed E-state index contributed by atoms with van der Waals surface area (Å²) >= 11 is 0. The van der Waals surface area contributed by atoms with E-state index in [1.807, 2.05) is 25.3 Å². The molecule has 1 aliphatic carbocycles. The molecule has 1 saturated carbocycles. The van der Waals surface area contributed by atoms with Crippen LogP contribution in [0.15, 0.2) is 66.0 Å². The molecule has 0 saturated heterocycles. The molecular formula is C22H31N3. The first kappa shape index (κ1) is 19.2. The van der Waals surface area contributed by atoms with Crippen LogP contribution in [0, 0.1) is 11.8 Å². The van der Waals surface area contributed by atoms with Crippen LogP contribution in [0.25, 0.3) is 0 Å². The van der Waals surface area contributed by atoms with Gasteiger partial charge in [-0.25, -0.2) is 0 Å². The van der Waals surface area contributed by atoms with Gasteiger partial charge in [-0.3, -0.25) is 10.8 Å². The van der Waals surface area contributed by atoms with E-state index in [1.165, 1.54) is 30.4 Å². The molecular weight excluding hydrogens is 306 g/mol. The maximum Gasteiger partial charge on any atom is 0.0445 e. The number of benzene rings is 1. The Labute approximate surface area is 152 Å². The number of hydrazine groups is 1. The highest BCUT2D eigenvalue weighted by molar-refractivity contribution is 5.99. The number of aliphatic imine (C=N–C) groups is 1. The van der Waals surface area contributed by atoms with E-state index in [2.05, 4.69) is 48.7 Å². The standard InChI is InChI=1S/C22H31N3/c1-5-19(13-21-10-9-16(2)11-21)15-24-18(4)22-8-6-7-20(14-22)12-17(3)25-23/h5-8,14-16,21,25H,1,3,9-13,23H2,2,4H3/b19-15+,24-18?. The average Bonchev–Trinajstić information content (AvgIpc) is 3.03. The molecule has 1 aliphatic rings. The zero-order valence-electron chi connectivity index (χ0n) is 15.6. The number of rotatable bonds is 8. The molecule has 1 fully saturated rings. The SMILES string of the molecule is C=C/C(=C\N=C(C)c1cccc(CC(=C)NN)c1)CC1CCC(C)C1. The molecule has 0 aromatic heterocycles. The van der Waals surface area contributed by atoms with Gasteiger partial charge in [-0.1, -0.05) is 50.8 Å². The van der Waals surface area contributed by atoms with Crippen molar-refractivity contribution >= 4 is 5.71 Å². The first-order chi connectivity index (χ1) is 12.0. The van der Waals surface area contributed by atoms with Crippen LogP contribution in [0.1, 0.15) is 50.7 Å². The highest BCUT2D eigenvalue weighted by atomic mass is 15.2. The predicted octanol–water partition coefficient (Wildman–Crippen LogP) is 4.91. The number of nitrogens with one attached hydrogen (secondary N) is 1. The van der Waals surface area contributed by atoms with Crippen molar-refractivity contribution in [1.29, 1.82) is 0 Å². The van der Waals surface area contributed by atoms with Crippen LogP contribution in [0.5, 0.6) is 0 Å². The van der Waals surface area contributed by atoms with Crippen molar-refractivity contribution in [1.82, 2.24) is 5.43 Å². The maximum absolute atomic E-state index is 5.40. The molecule has 1 aromatic carbocycles. The van der Waals surface area contributed by atoms with E-state index in [0.717, 1.165) is 35.2 Å². The highest BCUT2D eigenvalue weighted by Crippen LogP contribution is 2.34. The van der Waals surface area contributed by atoms with E-state index in [0.29, 0.717) is 6.42 Å². The Morgan fingerprint density at radius 3 is 2.84 bits per heavy atom. The molecule has 2 rings (SSSR count). The van der Waals surface area contributed by atoms with Gasteiger partial charge in [-0.05, 0) is 60.8 Å². The van der Waals surface area contributed by atoms with Gasteiger partial charge in [-0.15, -0.1) is 0 Å². The number of hydrogen-bond acceptors (Lipinski definition) is 3. The number of allylic oxidation sites excluding steroid dienone is 3. The molecule has 0 spiro atoms. The Morgan fingerprint density at radius 1 is 1.40 bits per heavy atom. The summed E-state index contributed by atoms with van der Waals surface area (Å²) in [6.45, 7) is 12.2. The maximum atomic E-state index is 5.40. The van der Waals surface area contributed by atoms with E-state index in [1.54, 1.807) is 0 Å². The van der Waals surface area contributed by atoms with Crippen molar-refractivity contribution in [2.24, 2.45) is 22.7 Å². The van der Waals surface area contributed by atoms with E-state index in [9.17, 15) is 0 Å². The van der Waals surface area contributed by atoms with Gasteiger partial charge in [0.05, 0.1) is 0 Å². The Bertz CT molecular complexity index is 670. The van der Waals surface area contributed by atoms with Crippen LogP contribution in [-0.2, 0) is 6.42 Å². The first-order valence-corrected chi connectivity index (χ1v) is 9.11. The molecule has 0 radical (unpaired) electrons. The second-order valence-corrected chi connectivity index (χ2v) is 7.24. The third-order valence-electron chi connectivity index (χ3n) is 4.98. The summed E-state index contributed by atoms with van der Waals surface area (Å²) in [5.74, 6) is 7.05. The van der Waals surface area contributed by atoms with Gasteiger partial charge in [-0.2, -0.15) is 0 Å². The van der Waals surface area contributed by atoms with Crippen molar-refractivity contribution in [3.05, 3.63) is 72.1 Å². The topological polar surface area (TPSA) is 50.4 Å². The molecule has 3 N–H and O–H groups in total. The predicted molar refractivity (Wildman–Crippen MR) is 108 cm³/mol. The first-order valence-electron chi connectivity index (χ1n) is 9.11. The van der Waals surface area contributed by atoms with Gasteiger partial charge < -0.3 is 5.43 Å². The highest BCUT2D eigenvalue weighted by Gasteiger charge is 2.21. The molecule has 134 valence electrons. The lowest BCUT2D eigenvalue weighted by molar-refractivity contribution is 0.514. The monoisotopic (exact) mass is 337 g/mol. The summed E-state index contributed by atoms with van der Waals surface area (Å²) in [7, 11) is 0. The summed E-state index contributed by atoms with van der Waals surface area (Å²) in [5, 5.41) is 0. The fourth-order valence-electron chi connectivity index (χ4n) is 3.49. The molecule has 25 heavy (non-hydrogen) atoms. The lowest BCUT2D eigenvalue weighted by Crippen LogP contribution is -2.21. The quantitative estimate of drug-likeness (QED) is 0.306. The summed E-state index contributed by atoms with van der Waals surface area (Å²) < 4.78 is 0. The number of hydrogen-bond donors (Lipinski definition) is 2. The van der Waals surface area contributed by atoms with E-state index < -0.39 is 0 Å². The molecule has 2 unspecified atom stereocenters. The Hall–Kier alpha value is -2.13. The summed E-state index contributed by atoms with van der Waals surface area (Å²) in [5.41, 5.74) is 7.93. The van der Waals surface area contributed by atoms with Gasteiger partial charge in [0, 0.05) is 24.0 Å². The van der Waals surface area contributed by atoms with Crippen molar-refractivity contribution in [3.8, 4) is 0 Å². The fraction of sp³-hybridized carbons (Fsp3) is 0.409. The smallest absolute Gasteiger partial charge is 0.0445 e. The Morgan fingerprint density at radius 2 is 2.20 bits per heavy atom. The van der Waals surface area contributed by atoms with Gasteiger partial charge in [0.2, 0.25) is 0 Å². The van der Waals surface area contributed by atoms with Crippen molar-refractivity contribution < 1.29 is 0 Å². The molecule has 3 nitrogen and oxygen atoms in total. The Kier molecular flexibility index (Phi) is 7.20. The number of nitrogens with zero attached hydrogens (tertiary/aromatic N) is 1.